The molecule has 0 spiro atoms. The van der Waals surface area contributed by atoms with Gasteiger partial charge in [0.25, 0.3) is 0 Å². The molecule has 0 unspecified atom stereocenters. The number of fused-ring (bicyclic) bond motifs is 1. The molecule has 3 rings (SSSR count). The van der Waals surface area contributed by atoms with Gasteiger partial charge in [0.2, 0.25) is 12.7 Å². The molecule has 1 amide bonds. The van der Waals surface area contributed by atoms with Gasteiger partial charge < -0.3 is 14.8 Å². The van der Waals surface area contributed by atoms with Crippen LogP contribution in [0.1, 0.15) is 10.4 Å². The SMILES string of the molecule is O=C(Cc1cccs1)NCCc1ccc2c(c1)OCO2. The number of benzene rings is 1. The fourth-order valence-electron chi connectivity index (χ4n) is 2.08. The van der Waals surface area contributed by atoms with E-state index in [0.29, 0.717) is 13.0 Å². The van der Waals surface area contributed by atoms with Crippen LogP contribution in [0.2, 0.25) is 0 Å². The van der Waals surface area contributed by atoms with Gasteiger partial charge in [-0.05, 0) is 35.6 Å². The normalized spacial score (nSPS) is 12.4. The Labute approximate surface area is 121 Å². The van der Waals surface area contributed by atoms with Crippen LogP contribution in [0, 0.1) is 0 Å². The number of hydrogen-bond acceptors (Lipinski definition) is 4. The van der Waals surface area contributed by atoms with Gasteiger partial charge in [-0.3, -0.25) is 4.79 Å². The Morgan fingerprint density at radius 3 is 3.00 bits per heavy atom. The van der Waals surface area contributed by atoms with Crippen LogP contribution in [-0.2, 0) is 17.6 Å². The van der Waals surface area contributed by atoms with E-state index in [0.717, 1.165) is 28.4 Å². The average Bonchev–Trinajstić information content (AvgIpc) is 3.09. The third-order valence-electron chi connectivity index (χ3n) is 3.09. The van der Waals surface area contributed by atoms with E-state index in [-0.39, 0.29) is 12.7 Å². The lowest BCUT2D eigenvalue weighted by Crippen LogP contribution is -2.26. The number of ether oxygens (including phenoxy) is 2. The summed E-state index contributed by atoms with van der Waals surface area (Å²) < 4.78 is 10.6. The van der Waals surface area contributed by atoms with Crippen molar-refractivity contribution in [3.05, 3.63) is 46.2 Å². The molecule has 104 valence electrons. The van der Waals surface area contributed by atoms with Crippen molar-refractivity contribution >= 4 is 17.2 Å². The zero-order chi connectivity index (χ0) is 13.8. The Morgan fingerprint density at radius 1 is 1.25 bits per heavy atom. The first-order valence-electron chi connectivity index (χ1n) is 6.49. The van der Waals surface area contributed by atoms with Crippen LogP contribution < -0.4 is 14.8 Å². The van der Waals surface area contributed by atoms with Crippen LogP contribution in [0.25, 0.3) is 0 Å². The molecule has 0 atom stereocenters. The van der Waals surface area contributed by atoms with E-state index in [1.54, 1.807) is 11.3 Å². The topological polar surface area (TPSA) is 47.6 Å². The molecule has 20 heavy (non-hydrogen) atoms. The highest BCUT2D eigenvalue weighted by Gasteiger charge is 2.13. The van der Waals surface area contributed by atoms with Crippen molar-refractivity contribution in [1.29, 1.82) is 0 Å². The second-order valence-corrected chi connectivity index (χ2v) is 5.58. The Morgan fingerprint density at radius 2 is 2.15 bits per heavy atom. The van der Waals surface area contributed by atoms with Crippen molar-refractivity contribution in [2.75, 3.05) is 13.3 Å². The van der Waals surface area contributed by atoms with E-state index in [9.17, 15) is 4.79 Å². The minimum Gasteiger partial charge on any atom is -0.454 e. The minimum absolute atomic E-state index is 0.0631. The molecule has 1 aromatic heterocycles. The Kier molecular flexibility index (Phi) is 3.87. The molecule has 1 aliphatic heterocycles. The largest absolute Gasteiger partial charge is 0.454 e. The van der Waals surface area contributed by atoms with Crippen LogP contribution in [0.15, 0.2) is 35.7 Å². The van der Waals surface area contributed by atoms with Gasteiger partial charge in [-0.1, -0.05) is 12.1 Å². The van der Waals surface area contributed by atoms with Crippen LogP contribution in [0.3, 0.4) is 0 Å². The predicted octanol–water partition coefficient (Wildman–Crippen LogP) is 2.38. The first-order valence-corrected chi connectivity index (χ1v) is 7.37. The van der Waals surface area contributed by atoms with Gasteiger partial charge in [-0.15, -0.1) is 11.3 Å². The summed E-state index contributed by atoms with van der Waals surface area (Å²) in [4.78, 5) is 12.8. The second kappa shape index (κ2) is 5.96. The van der Waals surface area contributed by atoms with Crippen molar-refractivity contribution in [2.45, 2.75) is 12.8 Å². The highest BCUT2D eigenvalue weighted by Crippen LogP contribution is 2.32. The van der Waals surface area contributed by atoms with Gasteiger partial charge in [0.1, 0.15) is 0 Å². The van der Waals surface area contributed by atoms with Crippen molar-refractivity contribution in [3.8, 4) is 11.5 Å². The van der Waals surface area contributed by atoms with E-state index in [1.165, 1.54) is 0 Å². The third-order valence-corrected chi connectivity index (χ3v) is 3.96. The summed E-state index contributed by atoms with van der Waals surface area (Å²) in [5, 5.41) is 4.91. The van der Waals surface area contributed by atoms with Crippen LogP contribution in [-0.4, -0.2) is 19.2 Å². The fourth-order valence-corrected chi connectivity index (χ4v) is 2.78. The van der Waals surface area contributed by atoms with Gasteiger partial charge in [-0.2, -0.15) is 0 Å². The lowest BCUT2D eigenvalue weighted by atomic mass is 10.1. The molecule has 0 saturated heterocycles. The summed E-state index contributed by atoms with van der Waals surface area (Å²) in [6, 6.07) is 9.81. The zero-order valence-corrected chi connectivity index (χ0v) is 11.7. The van der Waals surface area contributed by atoms with E-state index >= 15 is 0 Å². The van der Waals surface area contributed by atoms with Crippen LogP contribution in [0.5, 0.6) is 11.5 Å². The van der Waals surface area contributed by atoms with Crippen LogP contribution in [0.4, 0.5) is 0 Å². The second-order valence-electron chi connectivity index (χ2n) is 4.54. The summed E-state index contributed by atoms with van der Waals surface area (Å²) >= 11 is 1.60. The maximum absolute atomic E-state index is 11.7. The van der Waals surface area contributed by atoms with E-state index < -0.39 is 0 Å². The Hall–Kier alpha value is -2.01. The molecule has 0 aliphatic carbocycles. The smallest absolute Gasteiger partial charge is 0.231 e. The standard InChI is InChI=1S/C15H15NO3S/c17-15(9-12-2-1-7-20-12)16-6-5-11-3-4-13-14(8-11)19-10-18-13/h1-4,7-8H,5-6,9-10H2,(H,16,17). The Balaban J connectivity index is 1.46. The van der Waals surface area contributed by atoms with Gasteiger partial charge in [-0.25, -0.2) is 0 Å². The van der Waals surface area contributed by atoms with E-state index in [2.05, 4.69) is 5.32 Å². The predicted molar refractivity (Wildman–Crippen MR) is 77.3 cm³/mol. The summed E-state index contributed by atoms with van der Waals surface area (Å²) in [5.41, 5.74) is 1.13. The monoisotopic (exact) mass is 289 g/mol. The number of amides is 1. The highest BCUT2D eigenvalue weighted by atomic mass is 32.1. The number of hydrogen-bond donors (Lipinski definition) is 1. The molecule has 0 saturated carbocycles. The van der Waals surface area contributed by atoms with Gasteiger partial charge in [0.15, 0.2) is 11.5 Å². The molecule has 1 aromatic carbocycles. The lowest BCUT2D eigenvalue weighted by molar-refractivity contribution is -0.120. The molecule has 0 radical (unpaired) electrons. The molecule has 5 heteroatoms. The van der Waals surface area contributed by atoms with E-state index in [1.807, 2.05) is 35.7 Å². The summed E-state index contributed by atoms with van der Waals surface area (Å²) in [6.45, 7) is 0.917. The molecule has 2 aromatic rings. The highest BCUT2D eigenvalue weighted by molar-refractivity contribution is 7.10. The molecule has 4 nitrogen and oxygen atoms in total. The number of thiophene rings is 1. The van der Waals surface area contributed by atoms with Crippen molar-refractivity contribution < 1.29 is 14.3 Å². The molecular formula is C15H15NO3S. The third kappa shape index (κ3) is 3.11. The van der Waals surface area contributed by atoms with E-state index in [4.69, 9.17) is 9.47 Å². The first kappa shape index (κ1) is 13.0. The average molecular weight is 289 g/mol. The zero-order valence-electron chi connectivity index (χ0n) is 10.9. The summed E-state index contributed by atoms with van der Waals surface area (Å²) in [7, 11) is 0. The maximum Gasteiger partial charge on any atom is 0.231 e. The minimum atomic E-state index is 0.0631. The fraction of sp³-hybridized carbons (Fsp3) is 0.267. The number of carbonyl (C=O) groups is 1. The van der Waals surface area contributed by atoms with Crippen molar-refractivity contribution in [2.24, 2.45) is 0 Å². The number of carbonyl (C=O) groups excluding carboxylic acids is 1. The van der Waals surface area contributed by atoms with Crippen LogP contribution >= 0.6 is 11.3 Å². The quantitative estimate of drug-likeness (QED) is 0.919. The van der Waals surface area contributed by atoms with Crippen molar-refractivity contribution in [1.82, 2.24) is 5.32 Å². The number of rotatable bonds is 5. The maximum atomic E-state index is 11.7. The Bertz CT molecular complexity index is 595. The van der Waals surface area contributed by atoms with Crippen molar-refractivity contribution in [3.63, 3.8) is 0 Å². The molecule has 1 N–H and O–H groups in total. The summed E-state index contributed by atoms with van der Waals surface area (Å²) in [5.74, 6) is 1.64. The van der Waals surface area contributed by atoms with Gasteiger partial charge in [0, 0.05) is 11.4 Å². The molecular weight excluding hydrogens is 274 g/mol. The molecule has 0 bridgehead atoms. The molecule has 2 heterocycles. The lowest BCUT2D eigenvalue weighted by Gasteiger charge is -2.05. The molecule has 0 fully saturated rings. The van der Waals surface area contributed by atoms with Gasteiger partial charge >= 0.3 is 0 Å². The first-order chi connectivity index (χ1) is 9.81. The van der Waals surface area contributed by atoms with Gasteiger partial charge in [0.05, 0.1) is 6.42 Å². The summed E-state index contributed by atoms with van der Waals surface area (Å²) in [6.07, 6.45) is 1.24. The molecule has 1 aliphatic rings. The number of nitrogens with one attached hydrogen (secondary N) is 1.